The fourth-order valence-electron chi connectivity index (χ4n) is 4.44. The zero-order chi connectivity index (χ0) is 21.0. The molecule has 0 saturated carbocycles. The van der Waals surface area contributed by atoms with Gasteiger partial charge in [0.2, 0.25) is 5.60 Å². The number of esters is 2. The van der Waals surface area contributed by atoms with Crippen LogP contribution in [-0.4, -0.2) is 40.6 Å². The first-order chi connectivity index (χ1) is 14.5. The van der Waals surface area contributed by atoms with Gasteiger partial charge in [0, 0.05) is 27.8 Å². The van der Waals surface area contributed by atoms with Crippen LogP contribution in [0.15, 0.2) is 59.8 Å². The van der Waals surface area contributed by atoms with E-state index >= 15 is 0 Å². The largest absolute Gasteiger partial charge is 0.457 e. The molecule has 7 nitrogen and oxygen atoms in total. The summed E-state index contributed by atoms with van der Waals surface area (Å²) in [5, 5.41) is 1.07. The molecule has 3 aliphatic rings. The van der Waals surface area contributed by atoms with E-state index in [4.69, 9.17) is 20.2 Å². The lowest BCUT2D eigenvalue weighted by Crippen LogP contribution is -2.51. The molecule has 4 heterocycles. The highest BCUT2D eigenvalue weighted by Crippen LogP contribution is 2.47. The van der Waals surface area contributed by atoms with Crippen LogP contribution in [0.4, 0.5) is 0 Å². The Morgan fingerprint density at radius 3 is 2.97 bits per heavy atom. The van der Waals surface area contributed by atoms with Crippen molar-refractivity contribution in [1.82, 2.24) is 9.88 Å². The van der Waals surface area contributed by atoms with Gasteiger partial charge in [0.05, 0.1) is 30.0 Å². The number of carbonyl (C=O) groups excluding carboxylic acids is 2. The number of pyridine rings is 1. The molecule has 1 atom stereocenters. The number of benzene rings is 1. The molecule has 3 aliphatic heterocycles. The number of nitrogens with zero attached hydrogens (tertiary/aromatic N) is 2. The minimum absolute atomic E-state index is 0.0843. The summed E-state index contributed by atoms with van der Waals surface area (Å²) in [5.74, 6) is -1.25. The first kappa shape index (κ1) is 18.6. The second-order valence-electron chi connectivity index (χ2n) is 7.58. The van der Waals surface area contributed by atoms with E-state index in [2.05, 4.69) is 17.5 Å². The molecule has 0 bridgehead atoms. The molecule has 0 spiro atoms. The average molecular weight is 403 g/mol. The SMILES string of the molecule is C=C1C2=C(C=C3c4nc5ccccc5cc4CN13)C(CC)(OC(=O)CN)C(=O)OC2. The Labute approximate surface area is 173 Å². The van der Waals surface area contributed by atoms with E-state index in [0.717, 1.165) is 39.1 Å². The zero-order valence-electron chi connectivity index (χ0n) is 16.6. The topological polar surface area (TPSA) is 94.8 Å². The van der Waals surface area contributed by atoms with Gasteiger partial charge in [-0.25, -0.2) is 9.78 Å². The van der Waals surface area contributed by atoms with Crippen LogP contribution in [0.5, 0.6) is 0 Å². The van der Waals surface area contributed by atoms with E-state index in [-0.39, 0.29) is 19.6 Å². The van der Waals surface area contributed by atoms with Gasteiger partial charge < -0.3 is 20.1 Å². The molecular formula is C23H21N3O4. The third-order valence-corrected chi connectivity index (χ3v) is 6.01. The number of ether oxygens (including phenoxy) is 2. The van der Waals surface area contributed by atoms with Crippen LogP contribution in [-0.2, 0) is 25.6 Å². The molecule has 0 fully saturated rings. The Morgan fingerprint density at radius 2 is 2.20 bits per heavy atom. The second-order valence-corrected chi connectivity index (χ2v) is 7.58. The fourth-order valence-corrected chi connectivity index (χ4v) is 4.44. The van der Waals surface area contributed by atoms with Gasteiger partial charge >= 0.3 is 11.9 Å². The van der Waals surface area contributed by atoms with Crippen molar-refractivity contribution < 1.29 is 19.1 Å². The number of nitrogens with two attached hydrogens (primary N) is 1. The minimum Gasteiger partial charge on any atom is -0.457 e. The maximum atomic E-state index is 12.8. The maximum absolute atomic E-state index is 12.8. The molecule has 30 heavy (non-hydrogen) atoms. The van der Waals surface area contributed by atoms with Crippen LogP contribution >= 0.6 is 0 Å². The van der Waals surface area contributed by atoms with Gasteiger partial charge in [-0.05, 0) is 24.6 Å². The summed E-state index contributed by atoms with van der Waals surface area (Å²) >= 11 is 0. The standard InChI is InChI=1S/C23H21N3O4/c1-3-23(30-20(27)10-24)17-9-19-21-15(8-14-6-4-5-7-18(14)25-21)11-26(19)13(2)16(17)12-29-22(23)28/h4-9H,2-3,10-12,24H2,1H3. The van der Waals surface area contributed by atoms with Crippen molar-refractivity contribution in [3.05, 3.63) is 71.1 Å². The monoisotopic (exact) mass is 403 g/mol. The lowest BCUT2D eigenvalue weighted by molar-refractivity contribution is -0.178. The van der Waals surface area contributed by atoms with Gasteiger partial charge in [-0.2, -0.15) is 0 Å². The molecule has 0 amide bonds. The predicted molar refractivity (Wildman–Crippen MR) is 111 cm³/mol. The average Bonchev–Trinajstić information content (AvgIpc) is 3.12. The van der Waals surface area contributed by atoms with Crippen LogP contribution in [0.1, 0.15) is 24.6 Å². The Balaban J connectivity index is 1.70. The summed E-state index contributed by atoms with van der Waals surface area (Å²) in [7, 11) is 0. The van der Waals surface area contributed by atoms with Crippen molar-refractivity contribution in [2.45, 2.75) is 25.5 Å². The van der Waals surface area contributed by atoms with E-state index in [1.807, 2.05) is 30.3 Å². The maximum Gasteiger partial charge on any atom is 0.355 e. The number of fused-ring (bicyclic) bond motifs is 4. The van der Waals surface area contributed by atoms with Gasteiger partial charge in [0.1, 0.15) is 6.61 Å². The van der Waals surface area contributed by atoms with Crippen molar-refractivity contribution in [2.24, 2.45) is 5.73 Å². The second kappa shape index (κ2) is 6.53. The lowest BCUT2D eigenvalue weighted by atomic mass is 9.81. The Hall–Kier alpha value is -3.45. The summed E-state index contributed by atoms with van der Waals surface area (Å²) in [6.45, 7) is 6.43. The fraction of sp³-hybridized carbons (Fsp3) is 0.261. The summed E-state index contributed by atoms with van der Waals surface area (Å²) in [5.41, 5.74) is 9.64. The molecule has 5 rings (SSSR count). The summed E-state index contributed by atoms with van der Waals surface area (Å²) < 4.78 is 11.0. The zero-order valence-corrected chi connectivity index (χ0v) is 16.6. The smallest absolute Gasteiger partial charge is 0.355 e. The number of carbonyl (C=O) groups is 2. The highest BCUT2D eigenvalue weighted by Gasteiger charge is 2.52. The van der Waals surface area contributed by atoms with E-state index in [1.54, 1.807) is 6.92 Å². The van der Waals surface area contributed by atoms with Gasteiger partial charge in [0.25, 0.3) is 0 Å². The number of hydrogen-bond donors (Lipinski definition) is 1. The van der Waals surface area contributed by atoms with Crippen molar-refractivity contribution in [1.29, 1.82) is 0 Å². The first-order valence-corrected chi connectivity index (χ1v) is 9.89. The third-order valence-electron chi connectivity index (χ3n) is 6.01. The van der Waals surface area contributed by atoms with Crippen molar-refractivity contribution in [2.75, 3.05) is 13.2 Å². The van der Waals surface area contributed by atoms with E-state index in [0.29, 0.717) is 12.1 Å². The molecule has 2 aromatic rings. The Bertz CT molecular complexity index is 1200. The number of aromatic nitrogens is 1. The molecular weight excluding hydrogens is 382 g/mol. The van der Waals surface area contributed by atoms with Crippen LogP contribution in [0.25, 0.3) is 16.6 Å². The van der Waals surface area contributed by atoms with Crippen molar-refractivity contribution in [3.63, 3.8) is 0 Å². The molecule has 0 radical (unpaired) electrons. The van der Waals surface area contributed by atoms with E-state index in [1.165, 1.54) is 0 Å². The van der Waals surface area contributed by atoms with Crippen molar-refractivity contribution in [3.8, 4) is 0 Å². The molecule has 7 heteroatoms. The quantitative estimate of drug-likeness (QED) is 0.787. The van der Waals surface area contributed by atoms with Gasteiger partial charge in [-0.1, -0.05) is 31.7 Å². The Morgan fingerprint density at radius 1 is 1.40 bits per heavy atom. The highest BCUT2D eigenvalue weighted by molar-refractivity contribution is 5.93. The van der Waals surface area contributed by atoms with Gasteiger partial charge in [-0.3, -0.25) is 4.79 Å². The molecule has 0 saturated heterocycles. The van der Waals surface area contributed by atoms with E-state index in [9.17, 15) is 9.59 Å². The molecule has 1 unspecified atom stereocenters. The van der Waals surface area contributed by atoms with E-state index < -0.39 is 17.5 Å². The Kier molecular flexibility index (Phi) is 4.04. The third kappa shape index (κ3) is 2.45. The normalized spacial score (nSPS) is 22.3. The van der Waals surface area contributed by atoms with Crippen LogP contribution < -0.4 is 5.73 Å². The molecule has 0 aliphatic carbocycles. The lowest BCUT2D eigenvalue weighted by Gasteiger charge is -2.41. The van der Waals surface area contributed by atoms with Crippen LogP contribution in [0.3, 0.4) is 0 Å². The number of cyclic esters (lactones) is 1. The summed E-state index contributed by atoms with van der Waals surface area (Å²) in [6, 6.07) is 10.1. The van der Waals surface area contributed by atoms with Crippen LogP contribution in [0, 0.1) is 0 Å². The number of para-hydroxylation sites is 1. The highest BCUT2D eigenvalue weighted by atomic mass is 16.6. The van der Waals surface area contributed by atoms with Gasteiger partial charge in [-0.15, -0.1) is 0 Å². The molecule has 1 aromatic heterocycles. The predicted octanol–water partition coefficient (Wildman–Crippen LogP) is 2.42. The molecule has 152 valence electrons. The van der Waals surface area contributed by atoms with Gasteiger partial charge in [0.15, 0.2) is 0 Å². The van der Waals surface area contributed by atoms with Crippen molar-refractivity contribution >= 4 is 28.5 Å². The van der Waals surface area contributed by atoms with Crippen LogP contribution in [0.2, 0.25) is 0 Å². The first-order valence-electron chi connectivity index (χ1n) is 9.89. The number of hydrogen-bond acceptors (Lipinski definition) is 7. The summed E-state index contributed by atoms with van der Waals surface area (Å²) in [6.07, 6.45) is 2.12. The molecule has 2 N–H and O–H groups in total. The molecule has 1 aromatic carbocycles. The number of rotatable bonds is 3. The summed E-state index contributed by atoms with van der Waals surface area (Å²) in [4.78, 5) is 31.8. The minimum atomic E-state index is -1.54.